The summed E-state index contributed by atoms with van der Waals surface area (Å²) in [6.07, 6.45) is 18.7. The van der Waals surface area contributed by atoms with Crippen molar-refractivity contribution in [3.05, 3.63) is 47.7 Å². The van der Waals surface area contributed by atoms with E-state index in [1.807, 2.05) is 0 Å². The molecule has 0 aliphatic heterocycles. The molecule has 0 saturated carbocycles. The van der Waals surface area contributed by atoms with Crippen molar-refractivity contribution in [3.63, 3.8) is 0 Å². The molecule has 26 heavy (non-hydrogen) atoms. The van der Waals surface area contributed by atoms with Gasteiger partial charge in [0.15, 0.2) is 0 Å². The van der Waals surface area contributed by atoms with E-state index in [2.05, 4.69) is 62.3 Å². The number of H-pyrrole nitrogens is 1. The van der Waals surface area contributed by atoms with E-state index < -0.39 is 0 Å². The summed E-state index contributed by atoms with van der Waals surface area (Å²) in [5, 5.41) is 1.40. The molecule has 1 aliphatic carbocycles. The minimum atomic E-state index is 0.687. The molecule has 1 atom stereocenters. The molecule has 1 aromatic heterocycles. The summed E-state index contributed by atoms with van der Waals surface area (Å²) in [4.78, 5) is 3.52. The molecule has 1 nitrogen and oxygen atoms in total. The van der Waals surface area contributed by atoms with Crippen molar-refractivity contribution in [2.75, 3.05) is 0 Å². The van der Waals surface area contributed by atoms with Crippen molar-refractivity contribution in [2.24, 2.45) is 5.92 Å². The van der Waals surface area contributed by atoms with Crippen LogP contribution in [0.4, 0.5) is 0 Å². The SMILES string of the molecule is CC/C=C(\CCC)c1ccc2[nH]cc(/C3=C/C(C)CCCCCC3)c2c1. The quantitative estimate of drug-likeness (QED) is 0.560. The monoisotopic (exact) mass is 349 g/mol. The zero-order chi connectivity index (χ0) is 18.4. The van der Waals surface area contributed by atoms with Crippen LogP contribution in [0, 0.1) is 5.92 Å². The van der Waals surface area contributed by atoms with Crippen molar-refractivity contribution in [3.8, 4) is 0 Å². The van der Waals surface area contributed by atoms with Gasteiger partial charge in [-0.15, -0.1) is 0 Å². The van der Waals surface area contributed by atoms with Crippen LogP contribution in [-0.4, -0.2) is 4.98 Å². The maximum Gasteiger partial charge on any atom is 0.0460 e. The Morgan fingerprint density at radius 1 is 1.15 bits per heavy atom. The zero-order valence-electron chi connectivity index (χ0n) is 16.9. The van der Waals surface area contributed by atoms with Crippen molar-refractivity contribution >= 4 is 22.0 Å². The Labute approximate surface area is 159 Å². The van der Waals surface area contributed by atoms with E-state index in [4.69, 9.17) is 0 Å². The van der Waals surface area contributed by atoms with Gasteiger partial charge in [0.2, 0.25) is 0 Å². The van der Waals surface area contributed by atoms with E-state index in [0.29, 0.717) is 5.92 Å². The summed E-state index contributed by atoms with van der Waals surface area (Å²) in [5.41, 5.74) is 7.16. The molecule has 1 aromatic carbocycles. The number of hydrogen-bond acceptors (Lipinski definition) is 0. The summed E-state index contributed by atoms with van der Waals surface area (Å²) in [5.74, 6) is 0.687. The van der Waals surface area contributed by atoms with Gasteiger partial charge in [-0.1, -0.05) is 64.7 Å². The normalized spacial score (nSPS) is 21.7. The summed E-state index contributed by atoms with van der Waals surface area (Å²) in [6.45, 7) is 6.89. The highest BCUT2D eigenvalue weighted by molar-refractivity contribution is 5.94. The first-order valence-corrected chi connectivity index (χ1v) is 10.7. The molecule has 1 heteroatoms. The minimum absolute atomic E-state index is 0.687. The van der Waals surface area contributed by atoms with Gasteiger partial charge >= 0.3 is 0 Å². The molecule has 2 aromatic rings. The Bertz CT molecular complexity index is 775. The van der Waals surface area contributed by atoms with Crippen molar-refractivity contribution in [1.82, 2.24) is 4.98 Å². The molecule has 0 radical (unpaired) electrons. The molecule has 0 spiro atoms. The standard InChI is InChI=1S/C25H35N/c1-4-10-20(11-5-2)21-14-15-25-23(17-21)24(18-26-25)22-13-9-7-6-8-12-19(3)16-22/h10,14-19,26H,4-9,11-13H2,1-3H3/b20-10+,22-16+. The summed E-state index contributed by atoms with van der Waals surface area (Å²) in [7, 11) is 0. The lowest BCUT2D eigenvalue weighted by Crippen LogP contribution is -1.92. The van der Waals surface area contributed by atoms with Gasteiger partial charge in [0.1, 0.15) is 0 Å². The molecule has 1 unspecified atom stereocenters. The summed E-state index contributed by atoms with van der Waals surface area (Å²) >= 11 is 0. The zero-order valence-corrected chi connectivity index (χ0v) is 16.9. The maximum atomic E-state index is 3.52. The summed E-state index contributed by atoms with van der Waals surface area (Å²) < 4.78 is 0. The van der Waals surface area contributed by atoms with E-state index >= 15 is 0 Å². The second-order valence-electron chi connectivity index (χ2n) is 7.97. The fraction of sp³-hybridized carbons (Fsp3) is 0.520. The van der Waals surface area contributed by atoms with Crippen LogP contribution >= 0.6 is 0 Å². The Hall–Kier alpha value is -1.76. The lowest BCUT2D eigenvalue weighted by molar-refractivity contribution is 0.566. The minimum Gasteiger partial charge on any atom is -0.361 e. The van der Waals surface area contributed by atoms with E-state index in [-0.39, 0.29) is 0 Å². The molecule has 1 heterocycles. The highest BCUT2D eigenvalue weighted by Gasteiger charge is 2.13. The first kappa shape index (κ1) is 19.0. The fourth-order valence-electron chi connectivity index (χ4n) is 4.34. The lowest BCUT2D eigenvalue weighted by atomic mass is 9.93. The number of rotatable bonds is 5. The third-order valence-electron chi connectivity index (χ3n) is 5.71. The largest absolute Gasteiger partial charge is 0.361 e. The second kappa shape index (κ2) is 9.26. The lowest BCUT2D eigenvalue weighted by Gasteiger charge is -2.11. The van der Waals surface area contributed by atoms with Gasteiger partial charge in [-0.05, 0) is 66.9 Å². The molecule has 3 rings (SSSR count). The van der Waals surface area contributed by atoms with Crippen molar-refractivity contribution < 1.29 is 0 Å². The molecule has 0 amide bonds. The molecule has 1 aliphatic rings. The van der Waals surface area contributed by atoms with Crippen LogP contribution in [0.2, 0.25) is 0 Å². The van der Waals surface area contributed by atoms with Crippen molar-refractivity contribution in [1.29, 1.82) is 0 Å². The van der Waals surface area contributed by atoms with Gasteiger partial charge in [-0.2, -0.15) is 0 Å². The third kappa shape index (κ3) is 4.50. The van der Waals surface area contributed by atoms with Crippen LogP contribution < -0.4 is 0 Å². The van der Waals surface area contributed by atoms with Crippen LogP contribution in [-0.2, 0) is 0 Å². The predicted octanol–water partition coefficient (Wildman–Crippen LogP) is 8.14. The first-order chi connectivity index (χ1) is 12.7. The molecular formula is C25H35N. The van der Waals surface area contributed by atoms with Crippen LogP contribution in [0.1, 0.15) is 89.7 Å². The van der Waals surface area contributed by atoms with Crippen LogP contribution in [0.5, 0.6) is 0 Å². The molecule has 140 valence electrons. The first-order valence-electron chi connectivity index (χ1n) is 10.7. The average Bonchev–Trinajstić information content (AvgIpc) is 3.09. The molecule has 0 fully saturated rings. The summed E-state index contributed by atoms with van der Waals surface area (Å²) in [6, 6.07) is 6.99. The number of fused-ring (bicyclic) bond motifs is 1. The Morgan fingerprint density at radius 3 is 2.81 bits per heavy atom. The Kier molecular flexibility index (Phi) is 6.77. The Morgan fingerprint density at radius 2 is 2.00 bits per heavy atom. The molecule has 1 N–H and O–H groups in total. The van der Waals surface area contributed by atoms with E-state index in [1.54, 1.807) is 5.57 Å². The highest BCUT2D eigenvalue weighted by Crippen LogP contribution is 2.34. The van der Waals surface area contributed by atoms with E-state index in [0.717, 1.165) is 6.42 Å². The van der Waals surface area contributed by atoms with Crippen molar-refractivity contribution in [2.45, 2.75) is 78.6 Å². The van der Waals surface area contributed by atoms with Gasteiger partial charge in [-0.25, -0.2) is 0 Å². The van der Waals surface area contributed by atoms with Gasteiger partial charge in [-0.3, -0.25) is 0 Å². The number of aromatic nitrogens is 1. The number of benzene rings is 1. The van der Waals surface area contributed by atoms with Gasteiger partial charge in [0.25, 0.3) is 0 Å². The third-order valence-corrected chi connectivity index (χ3v) is 5.71. The van der Waals surface area contributed by atoms with Crippen LogP contribution in [0.25, 0.3) is 22.0 Å². The molecule has 0 saturated heterocycles. The van der Waals surface area contributed by atoms with Crippen LogP contribution in [0.15, 0.2) is 36.5 Å². The second-order valence-corrected chi connectivity index (χ2v) is 7.97. The van der Waals surface area contributed by atoms with Gasteiger partial charge in [0, 0.05) is 22.7 Å². The number of hydrogen-bond donors (Lipinski definition) is 1. The van der Waals surface area contributed by atoms with E-state index in [9.17, 15) is 0 Å². The number of nitrogens with one attached hydrogen (secondary N) is 1. The topological polar surface area (TPSA) is 15.8 Å². The number of allylic oxidation sites excluding steroid dienone is 4. The Balaban J connectivity index is 2.01. The smallest absolute Gasteiger partial charge is 0.0460 e. The maximum absolute atomic E-state index is 3.52. The van der Waals surface area contributed by atoms with Gasteiger partial charge in [0.05, 0.1) is 0 Å². The number of aromatic amines is 1. The average molecular weight is 350 g/mol. The fourth-order valence-corrected chi connectivity index (χ4v) is 4.34. The highest BCUT2D eigenvalue weighted by atomic mass is 14.7. The van der Waals surface area contributed by atoms with E-state index in [1.165, 1.54) is 79.0 Å². The predicted molar refractivity (Wildman–Crippen MR) is 116 cm³/mol. The molecular weight excluding hydrogens is 314 g/mol. The van der Waals surface area contributed by atoms with Crippen LogP contribution in [0.3, 0.4) is 0 Å². The molecule has 0 bridgehead atoms. The van der Waals surface area contributed by atoms with Gasteiger partial charge < -0.3 is 4.98 Å².